The first-order valence-electron chi connectivity index (χ1n) is 12.0. The first-order chi connectivity index (χ1) is 17.3. The molecule has 1 aliphatic heterocycles. The Hall–Kier alpha value is -3.80. The molecule has 2 atom stereocenters. The number of hydrogen-bond donors (Lipinski definition) is 2. The molecule has 2 heterocycles. The van der Waals surface area contributed by atoms with Crippen LogP contribution < -0.4 is 10.6 Å². The number of nitrogen functional groups attached to an aromatic ring is 1. The molecular weight excluding hydrogens is 476 g/mol. The zero-order chi connectivity index (χ0) is 27.7. The van der Waals surface area contributed by atoms with Gasteiger partial charge in [0.1, 0.15) is 11.8 Å². The summed E-state index contributed by atoms with van der Waals surface area (Å²) in [7, 11) is 6.48. The molecule has 0 saturated carbocycles. The Morgan fingerprint density at radius 3 is 2.38 bits per heavy atom. The van der Waals surface area contributed by atoms with Crippen molar-refractivity contribution in [2.75, 3.05) is 46.3 Å². The molecule has 3 N–H and O–H groups in total. The van der Waals surface area contributed by atoms with Gasteiger partial charge in [0.05, 0.1) is 12.0 Å². The zero-order valence-electron chi connectivity index (χ0n) is 22.5. The molecular formula is C25H36N8O4. The molecule has 1 saturated heterocycles. The van der Waals surface area contributed by atoms with E-state index in [0.717, 1.165) is 5.56 Å². The molecule has 37 heavy (non-hydrogen) atoms. The van der Waals surface area contributed by atoms with Crippen LogP contribution in [0.4, 0.5) is 10.7 Å². The van der Waals surface area contributed by atoms with Crippen LogP contribution in [0.15, 0.2) is 24.3 Å². The fourth-order valence-electron chi connectivity index (χ4n) is 4.35. The Morgan fingerprint density at radius 1 is 1.22 bits per heavy atom. The third-order valence-corrected chi connectivity index (χ3v) is 6.37. The second-order valence-corrected chi connectivity index (χ2v) is 10.4. The monoisotopic (exact) mass is 512 g/mol. The molecule has 1 aromatic heterocycles. The zero-order valence-corrected chi connectivity index (χ0v) is 22.5. The summed E-state index contributed by atoms with van der Waals surface area (Å²) in [5.74, 6) is -1.26. The normalized spacial score (nSPS) is 17.7. The number of nitrogens with two attached hydrogens (primary N) is 1. The van der Waals surface area contributed by atoms with Crippen LogP contribution in [0.3, 0.4) is 0 Å². The highest BCUT2D eigenvalue weighted by molar-refractivity contribution is 5.99. The number of urea groups is 1. The van der Waals surface area contributed by atoms with Crippen molar-refractivity contribution in [2.24, 2.45) is 17.1 Å². The first kappa shape index (κ1) is 27.8. The maximum atomic E-state index is 13.6. The number of benzene rings is 1. The summed E-state index contributed by atoms with van der Waals surface area (Å²) in [5.41, 5.74) is 6.16. The van der Waals surface area contributed by atoms with E-state index in [1.54, 1.807) is 52.0 Å². The lowest BCUT2D eigenvalue weighted by atomic mass is 9.94. The van der Waals surface area contributed by atoms with Crippen molar-refractivity contribution in [2.45, 2.75) is 33.2 Å². The van der Waals surface area contributed by atoms with E-state index in [0.29, 0.717) is 12.1 Å². The third-order valence-electron chi connectivity index (χ3n) is 6.37. The second-order valence-electron chi connectivity index (χ2n) is 10.4. The van der Waals surface area contributed by atoms with Crippen molar-refractivity contribution in [1.82, 2.24) is 24.6 Å². The Morgan fingerprint density at radius 2 is 1.84 bits per heavy atom. The van der Waals surface area contributed by atoms with E-state index in [1.807, 2.05) is 19.1 Å². The van der Waals surface area contributed by atoms with Crippen LogP contribution in [0, 0.1) is 16.7 Å². The lowest BCUT2D eigenvalue weighted by Gasteiger charge is -2.24. The number of anilines is 1. The summed E-state index contributed by atoms with van der Waals surface area (Å²) in [6.07, 6.45) is 0. The minimum atomic E-state index is -0.906. The molecule has 200 valence electrons. The molecule has 0 bridgehead atoms. The average molecular weight is 513 g/mol. The molecule has 2 aromatic rings. The molecule has 3 rings (SSSR count). The molecule has 3 amide bonds. The minimum absolute atomic E-state index is 0.0209. The van der Waals surface area contributed by atoms with E-state index in [4.69, 9.17) is 15.9 Å². The summed E-state index contributed by atoms with van der Waals surface area (Å²) in [6.45, 7) is 6.17. The van der Waals surface area contributed by atoms with Gasteiger partial charge in [-0.25, -0.2) is 4.79 Å². The van der Waals surface area contributed by atoms with Crippen molar-refractivity contribution in [3.05, 3.63) is 41.2 Å². The van der Waals surface area contributed by atoms with E-state index in [1.165, 1.54) is 21.6 Å². The number of nitrogens with one attached hydrogen (secondary N) is 1. The van der Waals surface area contributed by atoms with Gasteiger partial charge in [-0.1, -0.05) is 31.2 Å². The van der Waals surface area contributed by atoms with Gasteiger partial charge in [-0.05, 0) is 25.3 Å². The Balaban J connectivity index is 2.00. The highest BCUT2D eigenvalue weighted by atomic mass is 16.5. The maximum Gasteiger partial charge on any atom is 0.326 e. The predicted octanol–water partition coefficient (Wildman–Crippen LogP) is 1.75. The van der Waals surface area contributed by atoms with Gasteiger partial charge in [0.2, 0.25) is 11.9 Å². The number of nitrogens with zero attached hydrogens (tertiary/aromatic N) is 6. The van der Waals surface area contributed by atoms with Gasteiger partial charge in [-0.15, -0.1) is 5.10 Å². The van der Waals surface area contributed by atoms with E-state index < -0.39 is 17.4 Å². The Labute approximate surface area is 216 Å². The molecule has 1 fully saturated rings. The van der Waals surface area contributed by atoms with Crippen LogP contribution in [-0.4, -0.2) is 89.6 Å². The Kier molecular flexibility index (Phi) is 8.01. The molecule has 2 unspecified atom stereocenters. The van der Waals surface area contributed by atoms with E-state index >= 15 is 0 Å². The minimum Gasteiger partial charge on any atom is -0.384 e. The van der Waals surface area contributed by atoms with E-state index in [2.05, 4.69) is 10.1 Å². The topological polar surface area (TPSA) is 151 Å². The molecule has 12 nitrogen and oxygen atoms in total. The lowest BCUT2D eigenvalue weighted by molar-refractivity contribution is -0.127. The van der Waals surface area contributed by atoms with E-state index in [9.17, 15) is 14.4 Å². The van der Waals surface area contributed by atoms with Gasteiger partial charge in [0, 0.05) is 46.9 Å². The third kappa shape index (κ3) is 5.63. The van der Waals surface area contributed by atoms with Crippen LogP contribution in [0.5, 0.6) is 0 Å². The van der Waals surface area contributed by atoms with E-state index in [-0.39, 0.29) is 48.5 Å². The highest BCUT2D eigenvalue weighted by Crippen LogP contribution is 2.34. The van der Waals surface area contributed by atoms with Gasteiger partial charge in [-0.2, -0.15) is 9.67 Å². The summed E-state index contributed by atoms with van der Waals surface area (Å²) in [4.78, 5) is 48.3. The average Bonchev–Trinajstić information content (AvgIpc) is 3.38. The number of rotatable bonds is 8. The number of likely N-dealkylation sites (tertiary alicyclic amines) is 1. The van der Waals surface area contributed by atoms with Gasteiger partial charge in [0.15, 0.2) is 5.82 Å². The Bertz CT molecular complexity index is 1190. The van der Waals surface area contributed by atoms with Crippen molar-refractivity contribution >= 4 is 29.6 Å². The first-order valence-corrected chi connectivity index (χ1v) is 12.0. The number of carbonyl (C=O) groups is 3. The lowest BCUT2D eigenvalue weighted by Crippen LogP contribution is -2.40. The number of hydrogen-bond acceptors (Lipinski definition) is 8. The second kappa shape index (κ2) is 10.7. The van der Waals surface area contributed by atoms with Crippen molar-refractivity contribution < 1.29 is 19.1 Å². The largest absolute Gasteiger partial charge is 0.384 e. The summed E-state index contributed by atoms with van der Waals surface area (Å²) >= 11 is 0. The van der Waals surface area contributed by atoms with Crippen LogP contribution in [0.2, 0.25) is 0 Å². The molecule has 0 spiro atoms. The summed E-state index contributed by atoms with van der Waals surface area (Å²) in [5, 5.41) is 12.1. The van der Waals surface area contributed by atoms with Gasteiger partial charge in [-0.3, -0.25) is 19.9 Å². The van der Waals surface area contributed by atoms with Crippen LogP contribution >= 0.6 is 0 Å². The number of amides is 3. The molecule has 0 radical (unpaired) electrons. The predicted molar refractivity (Wildman–Crippen MR) is 139 cm³/mol. The number of imide groups is 1. The maximum absolute atomic E-state index is 13.6. The highest BCUT2D eigenvalue weighted by Gasteiger charge is 2.45. The summed E-state index contributed by atoms with van der Waals surface area (Å²) in [6, 6.07) is 6.80. The smallest absolute Gasteiger partial charge is 0.326 e. The van der Waals surface area contributed by atoms with Crippen LogP contribution in [0.25, 0.3) is 0 Å². The van der Waals surface area contributed by atoms with Crippen LogP contribution in [-0.2, 0) is 16.1 Å². The van der Waals surface area contributed by atoms with Crippen molar-refractivity contribution in [1.29, 1.82) is 5.41 Å². The van der Waals surface area contributed by atoms with Gasteiger partial charge < -0.3 is 20.3 Å². The molecule has 12 heteroatoms. The SMILES string of the molecule is COCC(C)(C)C(=O)n1nc(C2C(=O)N(C(=O)N(C)C)CC2C)nc1N(C)Cc1ccc(C(=N)N)cc1. The van der Waals surface area contributed by atoms with Gasteiger partial charge >= 0.3 is 6.03 Å². The fourth-order valence-corrected chi connectivity index (χ4v) is 4.35. The van der Waals surface area contributed by atoms with Gasteiger partial charge in [0.25, 0.3) is 5.91 Å². The number of ether oxygens (including phenoxy) is 1. The number of aromatic nitrogens is 3. The molecule has 1 aliphatic rings. The van der Waals surface area contributed by atoms with Crippen LogP contribution in [0.1, 0.15) is 48.4 Å². The standard InChI is InChI=1S/C25H36N8O4/c1-15-12-32(24(36)30(4)5)21(34)18(15)20-28-23(33(29-20)22(35)25(2,3)14-37-7)31(6)13-16-8-10-17(11-9-16)19(26)27/h8-11,15,18H,12-14H2,1-7H3,(H3,26,27). The number of methoxy groups -OCH3 is 1. The summed E-state index contributed by atoms with van der Waals surface area (Å²) < 4.78 is 6.48. The molecule has 0 aliphatic carbocycles. The number of amidine groups is 1. The molecule has 1 aromatic carbocycles. The fraction of sp³-hybridized carbons (Fsp3) is 0.520. The van der Waals surface area contributed by atoms with Crippen molar-refractivity contribution in [3.63, 3.8) is 0 Å². The quantitative estimate of drug-likeness (QED) is 0.401. The van der Waals surface area contributed by atoms with Crippen molar-refractivity contribution in [3.8, 4) is 0 Å². The number of carbonyl (C=O) groups excluding carboxylic acids is 3.